The van der Waals surface area contributed by atoms with Crippen LogP contribution in [0.3, 0.4) is 0 Å². The van der Waals surface area contributed by atoms with Crippen LogP contribution in [0.1, 0.15) is 50.7 Å². The van der Waals surface area contributed by atoms with E-state index in [9.17, 15) is 0 Å². The number of hydrogen-bond acceptors (Lipinski definition) is 3. The average Bonchev–Trinajstić information content (AvgIpc) is 2.58. The minimum absolute atomic E-state index is 0.171. The highest BCUT2D eigenvalue weighted by molar-refractivity contribution is 7.09. The third kappa shape index (κ3) is 2.30. The summed E-state index contributed by atoms with van der Waals surface area (Å²) in [5, 5.41) is 3.48. The van der Waals surface area contributed by atoms with E-state index in [-0.39, 0.29) is 5.41 Å². The maximum Gasteiger partial charge on any atom is 0.0934 e. The van der Waals surface area contributed by atoms with Crippen molar-refractivity contribution in [3.63, 3.8) is 0 Å². The average molecular weight is 238 g/mol. The van der Waals surface area contributed by atoms with E-state index in [1.165, 1.54) is 30.0 Å². The Morgan fingerprint density at radius 1 is 1.44 bits per heavy atom. The van der Waals surface area contributed by atoms with Crippen molar-refractivity contribution in [1.29, 1.82) is 0 Å². The van der Waals surface area contributed by atoms with E-state index < -0.39 is 0 Å². The van der Waals surface area contributed by atoms with Gasteiger partial charge in [0.2, 0.25) is 0 Å². The summed E-state index contributed by atoms with van der Waals surface area (Å²) in [6.07, 6.45) is 5.00. The summed E-state index contributed by atoms with van der Waals surface area (Å²) in [6.45, 7) is 7.47. The van der Waals surface area contributed by atoms with Gasteiger partial charge in [-0.25, -0.2) is 4.98 Å². The number of nitrogens with zero attached hydrogens (tertiary/aromatic N) is 1. The van der Waals surface area contributed by atoms with Gasteiger partial charge >= 0.3 is 0 Å². The first-order valence-corrected chi connectivity index (χ1v) is 6.98. The molecule has 2 nitrogen and oxygen atoms in total. The summed E-state index contributed by atoms with van der Waals surface area (Å²) in [5.41, 5.74) is 7.66. The van der Waals surface area contributed by atoms with Crippen molar-refractivity contribution in [3.05, 3.63) is 16.1 Å². The zero-order valence-electron chi connectivity index (χ0n) is 10.5. The highest BCUT2D eigenvalue weighted by Gasteiger charge is 2.36. The molecule has 2 N–H and O–H groups in total. The molecule has 1 aliphatic carbocycles. The van der Waals surface area contributed by atoms with Crippen LogP contribution >= 0.6 is 11.3 Å². The van der Waals surface area contributed by atoms with Crippen LogP contribution in [0.5, 0.6) is 0 Å². The molecule has 2 rings (SSSR count). The minimum Gasteiger partial charge on any atom is -0.330 e. The second-order valence-electron chi connectivity index (χ2n) is 6.11. The molecule has 1 fully saturated rings. The van der Waals surface area contributed by atoms with Gasteiger partial charge in [0.15, 0.2) is 0 Å². The smallest absolute Gasteiger partial charge is 0.0934 e. The van der Waals surface area contributed by atoms with Crippen molar-refractivity contribution in [1.82, 2.24) is 4.98 Å². The number of aromatic nitrogens is 1. The zero-order valence-corrected chi connectivity index (χ0v) is 11.4. The predicted octanol–water partition coefficient (Wildman–Crippen LogP) is 3.11. The molecule has 16 heavy (non-hydrogen) atoms. The molecule has 0 amide bonds. The molecular formula is C13H22N2S. The summed E-state index contributed by atoms with van der Waals surface area (Å²) in [7, 11) is 0. The van der Waals surface area contributed by atoms with Crippen molar-refractivity contribution < 1.29 is 0 Å². The Balaban J connectivity index is 2.08. The lowest BCUT2D eigenvalue weighted by Crippen LogP contribution is -2.39. The molecule has 0 atom stereocenters. The molecule has 0 aromatic carbocycles. The van der Waals surface area contributed by atoms with Gasteiger partial charge in [0.25, 0.3) is 0 Å². The first kappa shape index (κ1) is 12.1. The molecule has 90 valence electrons. The SMILES string of the molecule is CC(C)(C)c1csc(CC2(CN)CCC2)n1. The third-order valence-electron chi connectivity index (χ3n) is 3.69. The van der Waals surface area contributed by atoms with Crippen molar-refractivity contribution in [2.75, 3.05) is 6.54 Å². The first-order valence-electron chi connectivity index (χ1n) is 6.10. The van der Waals surface area contributed by atoms with Gasteiger partial charge in [-0.05, 0) is 24.8 Å². The predicted molar refractivity (Wildman–Crippen MR) is 69.9 cm³/mol. The minimum atomic E-state index is 0.171. The fourth-order valence-electron chi connectivity index (χ4n) is 2.19. The summed E-state index contributed by atoms with van der Waals surface area (Å²) in [6, 6.07) is 0. The van der Waals surface area contributed by atoms with Gasteiger partial charge in [-0.2, -0.15) is 0 Å². The molecule has 1 aromatic heterocycles. The molecule has 0 aliphatic heterocycles. The second kappa shape index (κ2) is 4.11. The van der Waals surface area contributed by atoms with E-state index in [2.05, 4.69) is 26.2 Å². The van der Waals surface area contributed by atoms with E-state index in [4.69, 9.17) is 10.7 Å². The lowest BCUT2D eigenvalue weighted by atomic mass is 9.67. The van der Waals surface area contributed by atoms with E-state index in [0.29, 0.717) is 5.41 Å². The van der Waals surface area contributed by atoms with Crippen molar-refractivity contribution in [2.24, 2.45) is 11.1 Å². The second-order valence-corrected chi connectivity index (χ2v) is 7.05. The quantitative estimate of drug-likeness (QED) is 0.878. The summed E-state index contributed by atoms with van der Waals surface area (Å²) in [5.74, 6) is 0. The molecule has 1 aromatic rings. The van der Waals surface area contributed by atoms with Crippen LogP contribution in [0.25, 0.3) is 0 Å². The fraction of sp³-hybridized carbons (Fsp3) is 0.769. The van der Waals surface area contributed by atoms with Crippen LogP contribution in [0.15, 0.2) is 5.38 Å². The molecule has 1 saturated carbocycles. The van der Waals surface area contributed by atoms with Crippen molar-refractivity contribution in [3.8, 4) is 0 Å². The Hall–Kier alpha value is -0.410. The molecule has 1 aliphatic rings. The largest absolute Gasteiger partial charge is 0.330 e. The maximum absolute atomic E-state index is 5.89. The van der Waals surface area contributed by atoms with Crippen LogP contribution in [-0.2, 0) is 11.8 Å². The normalized spacial score (nSPS) is 19.5. The van der Waals surface area contributed by atoms with Gasteiger partial charge in [-0.1, -0.05) is 27.2 Å². The van der Waals surface area contributed by atoms with Crippen LogP contribution in [0.4, 0.5) is 0 Å². The molecule has 0 spiro atoms. The number of thiazole rings is 1. The van der Waals surface area contributed by atoms with Gasteiger partial charge in [0, 0.05) is 17.2 Å². The van der Waals surface area contributed by atoms with E-state index in [1.807, 2.05) is 0 Å². The van der Waals surface area contributed by atoms with Gasteiger partial charge in [-0.3, -0.25) is 0 Å². The lowest BCUT2D eigenvalue weighted by molar-refractivity contribution is 0.144. The van der Waals surface area contributed by atoms with Gasteiger partial charge in [-0.15, -0.1) is 11.3 Å². The van der Waals surface area contributed by atoms with Crippen molar-refractivity contribution >= 4 is 11.3 Å². The Bertz CT molecular complexity index is 353. The molecule has 0 radical (unpaired) electrons. The molecule has 1 heterocycles. The highest BCUT2D eigenvalue weighted by Crippen LogP contribution is 2.43. The first-order chi connectivity index (χ1) is 7.45. The Kier molecular flexibility index (Phi) is 3.10. The maximum atomic E-state index is 5.89. The topological polar surface area (TPSA) is 38.9 Å². The molecule has 3 heteroatoms. The van der Waals surface area contributed by atoms with Gasteiger partial charge in [0.05, 0.1) is 10.7 Å². The Labute approximate surface area is 102 Å². The molecule has 0 bridgehead atoms. The molecule has 0 unspecified atom stereocenters. The number of nitrogens with two attached hydrogens (primary N) is 1. The van der Waals surface area contributed by atoms with E-state index >= 15 is 0 Å². The number of hydrogen-bond donors (Lipinski definition) is 1. The van der Waals surface area contributed by atoms with Crippen molar-refractivity contribution in [2.45, 2.75) is 51.9 Å². The summed E-state index contributed by atoms with van der Waals surface area (Å²) >= 11 is 1.80. The Morgan fingerprint density at radius 3 is 2.50 bits per heavy atom. The third-order valence-corrected chi connectivity index (χ3v) is 4.54. The fourth-order valence-corrected chi connectivity index (χ4v) is 3.38. The lowest BCUT2D eigenvalue weighted by Gasteiger charge is -2.40. The zero-order chi connectivity index (χ0) is 11.8. The van der Waals surface area contributed by atoms with E-state index in [0.717, 1.165) is 13.0 Å². The summed E-state index contributed by atoms with van der Waals surface area (Å²) < 4.78 is 0. The summed E-state index contributed by atoms with van der Waals surface area (Å²) in [4.78, 5) is 4.76. The van der Waals surface area contributed by atoms with E-state index in [1.54, 1.807) is 11.3 Å². The van der Waals surface area contributed by atoms with Gasteiger partial charge < -0.3 is 5.73 Å². The van der Waals surface area contributed by atoms with Crippen LogP contribution < -0.4 is 5.73 Å². The molecular weight excluding hydrogens is 216 g/mol. The monoisotopic (exact) mass is 238 g/mol. The van der Waals surface area contributed by atoms with Crippen LogP contribution in [0.2, 0.25) is 0 Å². The molecule has 0 saturated heterocycles. The Morgan fingerprint density at radius 2 is 2.12 bits per heavy atom. The highest BCUT2D eigenvalue weighted by atomic mass is 32.1. The standard InChI is InChI=1S/C13H22N2S/c1-12(2,3)10-8-16-11(15-10)7-13(9-14)5-4-6-13/h8H,4-7,9,14H2,1-3H3. The van der Waals surface area contributed by atoms with Crippen LogP contribution in [0, 0.1) is 5.41 Å². The van der Waals surface area contributed by atoms with Gasteiger partial charge in [0.1, 0.15) is 0 Å². The number of rotatable bonds is 3. The van der Waals surface area contributed by atoms with Crippen LogP contribution in [-0.4, -0.2) is 11.5 Å².